The van der Waals surface area contributed by atoms with Crippen LogP contribution in [0.5, 0.6) is 0 Å². The fourth-order valence-electron chi connectivity index (χ4n) is 2.08. The normalized spacial score (nSPS) is 12.2. The maximum absolute atomic E-state index is 8.91. The molecule has 0 saturated heterocycles. The number of hydrogen-bond donors (Lipinski definition) is 2. The van der Waals surface area contributed by atoms with E-state index in [1.54, 1.807) is 0 Å². The maximum atomic E-state index is 8.91. The summed E-state index contributed by atoms with van der Waals surface area (Å²) in [7, 11) is 0. The van der Waals surface area contributed by atoms with Crippen LogP contribution in [-0.4, -0.2) is 11.7 Å². The van der Waals surface area contributed by atoms with Gasteiger partial charge in [0, 0.05) is 27.3 Å². The zero-order valence-electron chi connectivity index (χ0n) is 11.2. The van der Waals surface area contributed by atoms with Crippen LogP contribution in [0.4, 0.5) is 5.69 Å². The van der Waals surface area contributed by atoms with Gasteiger partial charge in [-0.15, -0.1) is 0 Å². The van der Waals surface area contributed by atoms with Crippen LogP contribution in [0, 0.1) is 0 Å². The lowest BCUT2D eigenvalue weighted by Crippen LogP contribution is -2.07. The summed E-state index contributed by atoms with van der Waals surface area (Å²) >= 11 is 7.06. The summed E-state index contributed by atoms with van der Waals surface area (Å²) in [6.07, 6.45) is 0.702. The second-order valence-electron chi connectivity index (χ2n) is 4.70. The van der Waals surface area contributed by atoms with Crippen molar-refractivity contribution in [1.82, 2.24) is 0 Å². The van der Waals surface area contributed by atoms with Crippen molar-refractivity contribution in [1.29, 1.82) is 0 Å². The molecule has 0 spiro atoms. The Morgan fingerprint density at radius 3 is 2.40 bits per heavy atom. The number of aliphatic hydroxyl groups is 1. The van der Waals surface area contributed by atoms with Gasteiger partial charge in [-0.25, -0.2) is 0 Å². The fourth-order valence-corrected chi connectivity index (χ4v) is 3.47. The van der Waals surface area contributed by atoms with E-state index in [-0.39, 0.29) is 12.6 Å². The van der Waals surface area contributed by atoms with Gasteiger partial charge in [0.1, 0.15) is 0 Å². The molecule has 0 aliphatic rings. The van der Waals surface area contributed by atoms with Crippen LogP contribution in [0.25, 0.3) is 0 Å². The Morgan fingerprint density at radius 2 is 1.80 bits per heavy atom. The highest BCUT2D eigenvalue weighted by molar-refractivity contribution is 9.11. The molecule has 2 nitrogen and oxygen atoms in total. The van der Waals surface area contributed by atoms with Gasteiger partial charge in [0.15, 0.2) is 0 Å². The molecule has 2 aromatic carbocycles. The van der Waals surface area contributed by atoms with Gasteiger partial charge < -0.3 is 10.4 Å². The van der Waals surface area contributed by atoms with Crippen LogP contribution in [0.1, 0.15) is 24.1 Å². The van der Waals surface area contributed by atoms with Gasteiger partial charge in [-0.05, 0) is 48.7 Å². The van der Waals surface area contributed by atoms with Crippen molar-refractivity contribution in [3.63, 3.8) is 0 Å². The van der Waals surface area contributed by atoms with Crippen LogP contribution in [0.15, 0.2) is 51.4 Å². The van der Waals surface area contributed by atoms with Crippen molar-refractivity contribution in [2.75, 3.05) is 11.9 Å². The summed E-state index contributed by atoms with van der Waals surface area (Å²) in [6, 6.07) is 14.6. The molecule has 2 aromatic rings. The zero-order chi connectivity index (χ0) is 14.5. The Bertz CT molecular complexity index is 569. The maximum Gasteiger partial charge on any atom is 0.0496 e. The van der Waals surface area contributed by atoms with Gasteiger partial charge in [-0.2, -0.15) is 0 Å². The van der Waals surface area contributed by atoms with E-state index in [9.17, 15) is 0 Å². The quantitative estimate of drug-likeness (QED) is 0.749. The molecular weight excluding hydrogens is 382 g/mol. The molecule has 2 rings (SSSR count). The minimum Gasteiger partial charge on any atom is -0.396 e. The van der Waals surface area contributed by atoms with Gasteiger partial charge in [0.2, 0.25) is 0 Å². The summed E-state index contributed by atoms with van der Waals surface area (Å²) in [6.45, 7) is 2.32. The smallest absolute Gasteiger partial charge is 0.0496 e. The Morgan fingerprint density at radius 1 is 1.10 bits per heavy atom. The van der Waals surface area contributed by atoms with Crippen molar-refractivity contribution in [2.24, 2.45) is 0 Å². The van der Waals surface area contributed by atoms with Crippen LogP contribution >= 0.6 is 31.9 Å². The third-order valence-corrected chi connectivity index (χ3v) is 4.35. The standard InChI is InChI=1S/C16H17Br2NO/c1-11(15-7-4-13(17)10-16(15)18)19-14-5-2-12(3-6-14)8-9-20/h2-7,10-11,19-20H,8-9H2,1H3. The van der Waals surface area contributed by atoms with Gasteiger partial charge in [0.25, 0.3) is 0 Å². The lowest BCUT2D eigenvalue weighted by molar-refractivity contribution is 0.299. The van der Waals surface area contributed by atoms with E-state index >= 15 is 0 Å². The molecule has 0 saturated carbocycles. The minimum absolute atomic E-state index is 0.190. The molecule has 0 heterocycles. The van der Waals surface area contributed by atoms with Gasteiger partial charge in [-0.3, -0.25) is 0 Å². The van der Waals surface area contributed by atoms with E-state index in [1.165, 1.54) is 5.56 Å². The lowest BCUT2D eigenvalue weighted by atomic mass is 10.1. The van der Waals surface area contributed by atoms with Crippen molar-refractivity contribution >= 4 is 37.5 Å². The van der Waals surface area contributed by atoms with Crippen LogP contribution < -0.4 is 5.32 Å². The van der Waals surface area contributed by atoms with Crippen LogP contribution in [0.3, 0.4) is 0 Å². The van der Waals surface area contributed by atoms with Gasteiger partial charge >= 0.3 is 0 Å². The van der Waals surface area contributed by atoms with Crippen LogP contribution in [-0.2, 0) is 6.42 Å². The Kier molecular flexibility index (Phi) is 5.64. The highest BCUT2D eigenvalue weighted by Crippen LogP contribution is 2.29. The fraction of sp³-hybridized carbons (Fsp3) is 0.250. The summed E-state index contributed by atoms with van der Waals surface area (Å²) in [4.78, 5) is 0. The van der Waals surface area contributed by atoms with E-state index in [0.29, 0.717) is 6.42 Å². The first kappa shape index (κ1) is 15.5. The first-order valence-corrected chi connectivity index (χ1v) is 8.10. The number of halogens is 2. The van der Waals surface area contributed by atoms with E-state index in [0.717, 1.165) is 20.2 Å². The topological polar surface area (TPSA) is 32.3 Å². The second kappa shape index (κ2) is 7.25. The molecule has 4 heteroatoms. The van der Waals surface area contributed by atoms with E-state index in [1.807, 2.05) is 30.3 Å². The predicted molar refractivity (Wildman–Crippen MR) is 91.1 cm³/mol. The summed E-state index contributed by atoms with van der Waals surface area (Å²) < 4.78 is 2.15. The van der Waals surface area contributed by atoms with Crippen molar-refractivity contribution in [2.45, 2.75) is 19.4 Å². The molecule has 0 aliphatic heterocycles. The first-order chi connectivity index (χ1) is 9.60. The molecule has 0 aromatic heterocycles. The van der Waals surface area contributed by atoms with Crippen LogP contribution in [0.2, 0.25) is 0 Å². The molecule has 1 unspecified atom stereocenters. The molecule has 0 fully saturated rings. The summed E-state index contributed by atoms with van der Waals surface area (Å²) in [5.41, 5.74) is 3.44. The number of anilines is 1. The average molecular weight is 399 g/mol. The summed E-state index contributed by atoms with van der Waals surface area (Å²) in [5.74, 6) is 0. The third-order valence-electron chi connectivity index (χ3n) is 3.17. The monoisotopic (exact) mass is 397 g/mol. The first-order valence-electron chi connectivity index (χ1n) is 6.51. The molecule has 0 bridgehead atoms. The molecule has 0 radical (unpaired) electrons. The average Bonchev–Trinajstić information content (AvgIpc) is 2.41. The zero-order valence-corrected chi connectivity index (χ0v) is 14.4. The van der Waals surface area contributed by atoms with E-state index < -0.39 is 0 Å². The Balaban J connectivity index is 2.08. The molecule has 106 valence electrons. The van der Waals surface area contributed by atoms with Gasteiger partial charge in [-0.1, -0.05) is 50.1 Å². The summed E-state index contributed by atoms with van der Waals surface area (Å²) in [5, 5.41) is 12.4. The molecule has 1 atom stereocenters. The molecule has 2 N–H and O–H groups in total. The number of hydrogen-bond acceptors (Lipinski definition) is 2. The predicted octanol–water partition coefficient (Wildman–Crippen LogP) is 4.92. The largest absolute Gasteiger partial charge is 0.396 e. The van der Waals surface area contributed by atoms with Crippen molar-refractivity contribution in [3.8, 4) is 0 Å². The third kappa shape index (κ3) is 4.08. The number of rotatable bonds is 5. The van der Waals surface area contributed by atoms with Crippen molar-refractivity contribution in [3.05, 3.63) is 62.5 Å². The molecule has 0 aliphatic carbocycles. The van der Waals surface area contributed by atoms with Gasteiger partial charge in [0.05, 0.1) is 0 Å². The number of nitrogens with one attached hydrogen (secondary N) is 1. The highest BCUT2D eigenvalue weighted by atomic mass is 79.9. The van der Waals surface area contributed by atoms with E-state index in [2.05, 4.69) is 56.2 Å². The second-order valence-corrected chi connectivity index (χ2v) is 6.47. The SMILES string of the molecule is CC(Nc1ccc(CCO)cc1)c1ccc(Br)cc1Br. The minimum atomic E-state index is 0.190. The number of aliphatic hydroxyl groups excluding tert-OH is 1. The van der Waals surface area contributed by atoms with E-state index in [4.69, 9.17) is 5.11 Å². The molecule has 20 heavy (non-hydrogen) atoms. The Labute approximate surface area is 136 Å². The number of benzene rings is 2. The lowest BCUT2D eigenvalue weighted by Gasteiger charge is -2.17. The molecular formula is C16H17Br2NO. The Hall–Kier alpha value is -0.840. The molecule has 0 amide bonds. The van der Waals surface area contributed by atoms with Crippen molar-refractivity contribution < 1.29 is 5.11 Å². The highest BCUT2D eigenvalue weighted by Gasteiger charge is 2.09.